The lowest BCUT2D eigenvalue weighted by Gasteiger charge is -2.11. The third kappa shape index (κ3) is 3.20. The van der Waals surface area contributed by atoms with Gasteiger partial charge in [0.25, 0.3) is 10.0 Å². The molecular formula is C19H21N3O3S. The lowest BCUT2D eigenvalue weighted by atomic mass is 10.2. The maximum Gasteiger partial charge on any atom is 0.262 e. The molecule has 26 heavy (non-hydrogen) atoms. The van der Waals surface area contributed by atoms with E-state index in [1.165, 1.54) is 0 Å². The number of hydrogen-bond acceptors (Lipinski definition) is 4. The van der Waals surface area contributed by atoms with Gasteiger partial charge in [0.1, 0.15) is 11.9 Å². The van der Waals surface area contributed by atoms with Crippen LogP contribution in [0.1, 0.15) is 37.3 Å². The highest BCUT2D eigenvalue weighted by molar-refractivity contribution is 7.92. The SMILES string of the molecule is CCc1ccccc1S(=O)(=O)Nc1ccc2nc(C3CCCO3)[nH]c2c1. The zero-order valence-electron chi connectivity index (χ0n) is 14.5. The normalized spacial score (nSPS) is 17.7. The molecule has 1 aromatic heterocycles. The molecule has 0 aliphatic carbocycles. The van der Waals surface area contributed by atoms with Gasteiger partial charge in [0.2, 0.25) is 0 Å². The van der Waals surface area contributed by atoms with Gasteiger partial charge in [-0.1, -0.05) is 25.1 Å². The van der Waals surface area contributed by atoms with Crippen LogP contribution in [0.4, 0.5) is 5.69 Å². The van der Waals surface area contributed by atoms with Crippen LogP contribution < -0.4 is 4.72 Å². The lowest BCUT2D eigenvalue weighted by molar-refractivity contribution is 0.106. The quantitative estimate of drug-likeness (QED) is 0.715. The number of rotatable bonds is 5. The molecule has 1 aliphatic heterocycles. The Morgan fingerprint density at radius 2 is 2.12 bits per heavy atom. The van der Waals surface area contributed by atoms with Crippen LogP contribution in [0, 0.1) is 0 Å². The van der Waals surface area contributed by atoms with Gasteiger partial charge in [0.05, 0.1) is 21.6 Å². The molecule has 1 fully saturated rings. The first kappa shape index (κ1) is 17.1. The number of imidazole rings is 1. The fourth-order valence-corrected chi connectivity index (χ4v) is 4.67. The van der Waals surface area contributed by atoms with E-state index in [2.05, 4.69) is 14.7 Å². The number of benzene rings is 2. The third-order valence-electron chi connectivity index (χ3n) is 4.63. The van der Waals surface area contributed by atoms with E-state index in [4.69, 9.17) is 4.74 Å². The largest absolute Gasteiger partial charge is 0.370 e. The third-order valence-corrected chi connectivity index (χ3v) is 6.11. The lowest BCUT2D eigenvalue weighted by Crippen LogP contribution is -2.14. The van der Waals surface area contributed by atoms with Crippen molar-refractivity contribution in [1.82, 2.24) is 9.97 Å². The fraction of sp³-hybridized carbons (Fsp3) is 0.316. The maximum absolute atomic E-state index is 12.8. The Kier molecular flexibility index (Phi) is 4.42. The summed E-state index contributed by atoms with van der Waals surface area (Å²) in [7, 11) is -3.64. The molecule has 1 aliphatic rings. The van der Waals surface area contributed by atoms with Gasteiger partial charge in [-0.2, -0.15) is 0 Å². The molecule has 1 unspecified atom stereocenters. The van der Waals surface area contributed by atoms with Crippen LogP contribution in [0.3, 0.4) is 0 Å². The van der Waals surface area contributed by atoms with Gasteiger partial charge in [-0.05, 0) is 49.1 Å². The van der Waals surface area contributed by atoms with E-state index in [1.807, 2.05) is 25.1 Å². The van der Waals surface area contributed by atoms with Crippen LogP contribution in [0.5, 0.6) is 0 Å². The molecule has 3 aromatic rings. The molecule has 0 bridgehead atoms. The zero-order chi connectivity index (χ0) is 18.1. The summed E-state index contributed by atoms with van der Waals surface area (Å²) < 4.78 is 33.9. The average Bonchev–Trinajstić information content (AvgIpc) is 3.30. The number of sulfonamides is 1. The van der Waals surface area contributed by atoms with Gasteiger partial charge in [-0.15, -0.1) is 0 Å². The summed E-state index contributed by atoms with van der Waals surface area (Å²) in [5.74, 6) is 0.800. The highest BCUT2D eigenvalue weighted by Crippen LogP contribution is 2.29. The Bertz CT molecular complexity index is 1040. The van der Waals surface area contributed by atoms with E-state index < -0.39 is 10.0 Å². The predicted octanol–water partition coefficient (Wildman–Crippen LogP) is 3.78. The van der Waals surface area contributed by atoms with Gasteiger partial charge < -0.3 is 9.72 Å². The summed E-state index contributed by atoms with van der Waals surface area (Å²) in [6.45, 7) is 2.70. The Morgan fingerprint density at radius 1 is 1.27 bits per heavy atom. The van der Waals surface area contributed by atoms with Gasteiger partial charge in [-0.3, -0.25) is 4.72 Å². The highest BCUT2D eigenvalue weighted by Gasteiger charge is 2.22. The van der Waals surface area contributed by atoms with Crippen LogP contribution in [0.15, 0.2) is 47.4 Å². The van der Waals surface area contributed by atoms with Gasteiger partial charge in [-0.25, -0.2) is 13.4 Å². The molecule has 1 saturated heterocycles. The van der Waals surface area contributed by atoms with Crippen molar-refractivity contribution >= 4 is 26.7 Å². The van der Waals surface area contributed by atoms with Crippen LogP contribution in [0.25, 0.3) is 11.0 Å². The van der Waals surface area contributed by atoms with Crippen molar-refractivity contribution in [1.29, 1.82) is 0 Å². The number of aryl methyl sites for hydroxylation is 1. The standard InChI is InChI=1S/C19H21N3O3S/c1-2-13-6-3-4-8-18(13)26(23,24)22-14-9-10-15-16(12-14)21-19(20-15)17-7-5-11-25-17/h3-4,6,8-10,12,17,22H,2,5,7,11H2,1H3,(H,20,21). The first-order valence-corrected chi connectivity index (χ1v) is 10.3. The minimum Gasteiger partial charge on any atom is -0.370 e. The topological polar surface area (TPSA) is 84.1 Å². The summed E-state index contributed by atoms with van der Waals surface area (Å²) in [6, 6.07) is 12.4. The second kappa shape index (κ2) is 6.74. The predicted molar refractivity (Wildman–Crippen MR) is 101 cm³/mol. The van der Waals surface area contributed by atoms with Crippen molar-refractivity contribution in [3.63, 3.8) is 0 Å². The van der Waals surface area contributed by atoms with Crippen molar-refractivity contribution in [2.45, 2.75) is 37.2 Å². The van der Waals surface area contributed by atoms with E-state index in [0.29, 0.717) is 17.0 Å². The zero-order valence-corrected chi connectivity index (χ0v) is 15.3. The summed E-state index contributed by atoms with van der Waals surface area (Å²) in [5, 5.41) is 0. The molecule has 0 saturated carbocycles. The van der Waals surface area contributed by atoms with Crippen molar-refractivity contribution in [2.24, 2.45) is 0 Å². The number of aromatic nitrogens is 2. The monoisotopic (exact) mass is 371 g/mol. The smallest absolute Gasteiger partial charge is 0.262 e. The minimum atomic E-state index is -3.64. The number of hydrogen-bond donors (Lipinski definition) is 2. The molecule has 4 rings (SSSR count). The second-order valence-corrected chi connectivity index (χ2v) is 8.07. The Hall–Kier alpha value is -2.38. The molecule has 7 heteroatoms. The van der Waals surface area contributed by atoms with Crippen molar-refractivity contribution in [3.8, 4) is 0 Å². The number of aromatic amines is 1. The van der Waals surface area contributed by atoms with Crippen LogP contribution in [0.2, 0.25) is 0 Å². The average molecular weight is 371 g/mol. The van der Waals surface area contributed by atoms with Crippen molar-refractivity contribution in [3.05, 3.63) is 53.9 Å². The Balaban J connectivity index is 1.64. The maximum atomic E-state index is 12.8. The summed E-state index contributed by atoms with van der Waals surface area (Å²) in [4.78, 5) is 8.13. The molecule has 6 nitrogen and oxygen atoms in total. The van der Waals surface area contributed by atoms with E-state index in [0.717, 1.165) is 41.9 Å². The van der Waals surface area contributed by atoms with Crippen LogP contribution >= 0.6 is 0 Å². The molecule has 0 amide bonds. The van der Waals surface area contributed by atoms with Gasteiger partial charge in [0, 0.05) is 6.61 Å². The second-order valence-electron chi connectivity index (χ2n) is 6.42. The molecule has 2 heterocycles. The first-order chi connectivity index (χ1) is 12.6. The molecular weight excluding hydrogens is 350 g/mol. The molecule has 2 N–H and O–H groups in total. The number of fused-ring (bicyclic) bond motifs is 1. The van der Waals surface area contributed by atoms with E-state index in [9.17, 15) is 8.42 Å². The number of nitrogens with one attached hydrogen (secondary N) is 2. The Labute approximate surface area is 152 Å². The van der Waals surface area contributed by atoms with Gasteiger partial charge >= 0.3 is 0 Å². The number of ether oxygens (including phenoxy) is 1. The van der Waals surface area contributed by atoms with E-state index >= 15 is 0 Å². The molecule has 0 spiro atoms. The minimum absolute atomic E-state index is 0.000951. The highest BCUT2D eigenvalue weighted by atomic mass is 32.2. The number of anilines is 1. The summed E-state index contributed by atoms with van der Waals surface area (Å²) in [5.41, 5.74) is 2.89. The van der Waals surface area contributed by atoms with E-state index in [-0.39, 0.29) is 6.10 Å². The van der Waals surface area contributed by atoms with Crippen molar-refractivity contribution in [2.75, 3.05) is 11.3 Å². The van der Waals surface area contributed by atoms with Crippen LogP contribution in [-0.4, -0.2) is 25.0 Å². The van der Waals surface area contributed by atoms with Crippen molar-refractivity contribution < 1.29 is 13.2 Å². The van der Waals surface area contributed by atoms with E-state index in [1.54, 1.807) is 24.3 Å². The molecule has 136 valence electrons. The van der Waals surface area contributed by atoms with Gasteiger partial charge in [0.15, 0.2) is 0 Å². The molecule has 0 radical (unpaired) electrons. The Morgan fingerprint density at radius 3 is 2.88 bits per heavy atom. The first-order valence-electron chi connectivity index (χ1n) is 8.79. The molecule has 1 atom stereocenters. The number of nitrogens with zero attached hydrogens (tertiary/aromatic N) is 1. The summed E-state index contributed by atoms with van der Waals surface area (Å²) in [6.07, 6.45) is 2.64. The summed E-state index contributed by atoms with van der Waals surface area (Å²) >= 11 is 0. The number of H-pyrrole nitrogens is 1. The molecule has 2 aromatic carbocycles. The van der Waals surface area contributed by atoms with Crippen LogP contribution in [-0.2, 0) is 21.2 Å². The fourth-order valence-electron chi connectivity index (χ4n) is 3.31.